The van der Waals surface area contributed by atoms with Crippen LogP contribution in [0.3, 0.4) is 0 Å². The molecule has 0 saturated carbocycles. The standard InChI is InChI=1S/C23H16ClN3O5/c24-17-11-4-5-12-18(17)25-22(28)19-20(14-7-6-10-16(13-14)27(30)31)26(32-21(19)23(25)29)15-8-2-1-3-9-15/h1-13,19-21H/t19-,20+,21-/m0/s1. The van der Waals surface area contributed by atoms with E-state index >= 15 is 0 Å². The van der Waals surface area contributed by atoms with Gasteiger partial charge >= 0.3 is 0 Å². The lowest BCUT2D eigenvalue weighted by atomic mass is 9.90. The van der Waals surface area contributed by atoms with Crippen LogP contribution >= 0.6 is 11.6 Å². The Hall–Kier alpha value is -3.75. The molecule has 0 radical (unpaired) electrons. The zero-order valence-electron chi connectivity index (χ0n) is 16.5. The number of halogens is 1. The van der Waals surface area contributed by atoms with Crippen LogP contribution in [0.5, 0.6) is 0 Å². The fourth-order valence-electron chi connectivity index (χ4n) is 4.25. The minimum Gasteiger partial charge on any atom is -0.273 e. The van der Waals surface area contributed by atoms with Gasteiger partial charge in [-0.05, 0) is 29.8 Å². The molecule has 2 aliphatic heterocycles. The third-order valence-corrected chi connectivity index (χ3v) is 5.96. The van der Waals surface area contributed by atoms with Crippen molar-refractivity contribution >= 4 is 40.5 Å². The largest absolute Gasteiger partial charge is 0.273 e. The van der Waals surface area contributed by atoms with Crippen molar-refractivity contribution < 1.29 is 19.3 Å². The molecule has 0 aromatic heterocycles. The lowest BCUT2D eigenvalue weighted by Crippen LogP contribution is -2.37. The average molecular weight is 450 g/mol. The Morgan fingerprint density at radius 1 is 0.906 bits per heavy atom. The lowest BCUT2D eigenvalue weighted by molar-refractivity contribution is -0.384. The number of imide groups is 1. The summed E-state index contributed by atoms with van der Waals surface area (Å²) in [4.78, 5) is 44.7. The average Bonchev–Trinajstić information content (AvgIpc) is 3.31. The van der Waals surface area contributed by atoms with Crippen molar-refractivity contribution in [2.45, 2.75) is 12.1 Å². The zero-order chi connectivity index (χ0) is 22.4. The normalized spacial score (nSPS) is 22.3. The van der Waals surface area contributed by atoms with Gasteiger partial charge in [0.05, 0.1) is 27.4 Å². The van der Waals surface area contributed by atoms with E-state index in [1.807, 2.05) is 6.07 Å². The quantitative estimate of drug-likeness (QED) is 0.335. The number of fused-ring (bicyclic) bond motifs is 1. The summed E-state index contributed by atoms with van der Waals surface area (Å²) in [6.07, 6.45) is -1.08. The third kappa shape index (κ3) is 3.12. The van der Waals surface area contributed by atoms with Crippen molar-refractivity contribution in [1.29, 1.82) is 0 Å². The van der Waals surface area contributed by atoms with Gasteiger partial charge in [0.25, 0.3) is 11.6 Å². The van der Waals surface area contributed by atoms with Crippen LogP contribution < -0.4 is 9.96 Å². The molecule has 2 amide bonds. The van der Waals surface area contributed by atoms with E-state index in [-0.39, 0.29) is 16.4 Å². The van der Waals surface area contributed by atoms with E-state index in [0.717, 1.165) is 4.90 Å². The molecule has 2 saturated heterocycles. The molecule has 3 aromatic rings. The number of nitrogens with zero attached hydrogens (tertiary/aromatic N) is 3. The summed E-state index contributed by atoms with van der Waals surface area (Å²) in [5.41, 5.74) is 1.30. The van der Waals surface area contributed by atoms with E-state index < -0.39 is 34.8 Å². The molecule has 0 aliphatic carbocycles. The van der Waals surface area contributed by atoms with Gasteiger partial charge in [-0.3, -0.25) is 24.5 Å². The Balaban J connectivity index is 1.62. The maximum atomic E-state index is 13.5. The van der Waals surface area contributed by atoms with Crippen LogP contribution in [0.25, 0.3) is 0 Å². The van der Waals surface area contributed by atoms with Crippen molar-refractivity contribution in [1.82, 2.24) is 0 Å². The van der Waals surface area contributed by atoms with Crippen LogP contribution in [-0.4, -0.2) is 22.8 Å². The maximum Gasteiger partial charge on any atom is 0.269 e. The number of nitro benzene ring substituents is 1. The maximum absolute atomic E-state index is 13.5. The number of para-hydroxylation sites is 2. The van der Waals surface area contributed by atoms with Crippen molar-refractivity contribution in [3.8, 4) is 0 Å². The molecule has 0 unspecified atom stereocenters. The molecule has 9 heteroatoms. The Morgan fingerprint density at radius 3 is 2.34 bits per heavy atom. The summed E-state index contributed by atoms with van der Waals surface area (Å²) >= 11 is 6.25. The number of rotatable bonds is 4. The van der Waals surface area contributed by atoms with E-state index in [1.165, 1.54) is 17.2 Å². The number of carbonyl (C=O) groups is 2. The van der Waals surface area contributed by atoms with E-state index in [9.17, 15) is 19.7 Å². The highest BCUT2D eigenvalue weighted by atomic mass is 35.5. The molecule has 3 aromatic carbocycles. The fourth-order valence-corrected chi connectivity index (χ4v) is 4.47. The number of hydrogen-bond donors (Lipinski definition) is 0. The molecular weight excluding hydrogens is 434 g/mol. The predicted molar refractivity (Wildman–Crippen MR) is 117 cm³/mol. The SMILES string of the molecule is O=C1[C@@H]2[C@H](ON(c3ccccc3)[C@@H]2c2cccc([N+](=O)[O-])c2)C(=O)N1c1ccccc1Cl. The second-order valence-corrected chi connectivity index (χ2v) is 7.88. The zero-order valence-corrected chi connectivity index (χ0v) is 17.3. The highest BCUT2D eigenvalue weighted by Gasteiger charge is 2.60. The van der Waals surface area contributed by atoms with Gasteiger partial charge in [-0.25, -0.2) is 9.96 Å². The van der Waals surface area contributed by atoms with Gasteiger partial charge in [-0.2, -0.15) is 0 Å². The summed E-state index contributed by atoms with van der Waals surface area (Å²) < 4.78 is 0. The van der Waals surface area contributed by atoms with Gasteiger partial charge in [-0.1, -0.05) is 54.1 Å². The Morgan fingerprint density at radius 2 is 1.62 bits per heavy atom. The number of carbonyl (C=O) groups excluding carboxylic acids is 2. The first kappa shape index (κ1) is 20.2. The Labute approximate surface area is 187 Å². The number of nitro groups is 1. The van der Waals surface area contributed by atoms with E-state index in [2.05, 4.69) is 0 Å². The molecule has 160 valence electrons. The molecule has 2 aliphatic rings. The molecule has 2 fully saturated rings. The Bertz CT molecular complexity index is 1240. The molecule has 0 N–H and O–H groups in total. The summed E-state index contributed by atoms with van der Waals surface area (Å²) in [5, 5.41) is 13.1. The smallest absolute Gasteiger partial charge is 0.269 e. The number of hydroxylamine groups is 1. The predicted octanol–water partition coefficient (Wildman–Crippen LogP) is 4.30. The topological polar surface area (TPSA) is 93.0 Å². The van der Waals surface area contributed by atoms with Gasteiger partial charge in [0, 0.05) is 12.1 Å². The number of amides is 2. The van der Waals surface area contributed by atoms with Crippen LogP contribution in [0, 0.1) is 16.0 Å². The fraction of sp³-hybridized carbons (Fsp3) is 0.130. The minimum atomic E-state index is -1.08. The van der Waals surface area contributed by atoms with Gasteiger partial charge in [0.15, 0.2) is 6.10 Å². The highest BCUT2D eigenvalue weighted by Crippen LogP contribution is 2.48. The van der Waals surface area contributed by atoms with Crippen LogP contribution in [0.15, 0.2) is 78.9 Å². The number of anilines is 2. The lowest BCUT2D eigenvalue weighted by Gasteiger charge is -2.28. The summed E-state index contributed by atoms with van der Waals surface area (Å²) in [6, 6.07) is 20.9. The van der Waals surface area contributed by atoms with Crippen molar-refractivity contribution in [2.24, 2.45) is 5.92 Å². The molecular formula is C23H16ClN3O5. The molecule has 2 heterocycles. The molecule has 8 nitrogen and oxygen atoms in total. The molecule has 3 atom stereocenters. The second-order valence-electron chi connectivity index (χ2n) is 7.47. The van der Waals surface area contributed by atoms with Crippen LogP contribution in [0.4, 0.5) is 17.1 Å². The first-order valence-corrected chi connectivity index (χ1v) is 10.2. The van der Waals surface area contributed by atoms with Crippen LogP contribution in [0.1, 0.15) is 11.6 Å². The first-order valence-electron chi connectivity index (χ1n) is 9.85. The van der Waals surface area contributed by atoms with Gasteiger partial charge in [0.1, 0.15) is 5.92 Å². The van der Waals surface area contributed by atoms with Crippen LogP contribution in [-0.2, 0) is 14.4 Å². The molecule has 32 heavy (non-hydrogen) atoms. The summed E-state index contributed by atoms with van der Waals surface area (Å²) in [6.45, 7) is 0. The van der Waals surface area contributed by atoms with Crippen molar-refractivity contribution in [3.63, 3.8) is 0 Å². The number of benzene rings is 3. The van der Waals surface area contributed by atoms with Crippen LogP contribution in [0.2, 0.25) is 5.02 Å². The van der Waals surface area contributed by atoms with E-state index in [4.69, 9.17) is 16.4 Å². The first-order chi connectivity index (χ1) is 15.5. The molecule has 5 rings (SSSR count). The second kappa shape index (κ2) is 7.74. The van der Waals surface area contributed by atoms with E-state index in [0.29, 0.717) is 11.3 Å². The van der Waals surface area contributed by atoms with Gasteiger partial charge in [0.2, 0.25) is 5.91 Å². The van der Waals surface area contributed by atoms with Gasteiger partial charge < -0.3 is 0 Å². The van der Waals surface area contributed by atoms with E-state index in [1.54, 1.807) is 60.7 Å². The van der Waals surface area contributed by atoms with Gasteiger partial charge in [-0.15, -0.1) is 0 Å². The monoisotopic (exact) mass is 449 g/mol. The number of hydrogen-bond acceptors (Lipinski definition) is 6. The van der Waals surface area contributed by atoms with Crippen molar-refractivity contribution in [3.05, 3.63) is 99.6 Å². The Kier molecular flexibility index (Phi) is 4.88. The molecule has 0 spiro atoms. The molecule has 0 bridgehead atoms. The highest BCUT2D eigenvalue weighted by molar-refractivity contribution is 6.36. The third-order valence-electron chi connectivity index (χ3n) is 5.64. The summed E-state index contributed by atoms with van der Waals surface area (Å²) in [5.74, 6) is -1.90. The minimum absolute atomic E-state index is 0.112. The summed E-state index contributed by atoms with van der Waals surface area (Å²) in [7, 11) is 0. The number of non-ortho nitro benzene ring substituents is 1. The van der Waals surface area contributed by atoms with Crippen molar-refractivity contribution in [2.75, 3.05) is 9.96 Å².